The van der Waals surface area contributed by atoms with Crippen LogP contribution in [0.4, 0.5) is 10.1 Å². The van der Waals surface area contributed by atoms with Crippen molar-refractivity contribution in [2.45, 2.75) is 6.04 Å². The van der Waals surface area contributed by atoms with Crippen LogP contribution >= 0.6 is 0 Å². The Morgan fingerprint density at radius 1 is 1.56 bits per heavy atom. The molecule has 0 aliphatic rings. The maximum absolute atomic E-state index is 13.3. The maximum Gasteiger partial charge on any atom is 0.246 e. The first-order chi connectivity index (χ1) is 8.58. The van der Waals surface area contributed by atoms with Crippen molar-refractivity contribution >= 4 is 11.6 Å². The van der Waals surface area contributed by atoms with E-state index in [9.17, 15) is 9.18 Å². The van der Waals surface area contributed by atoms with Crippen LogP contribution in [-0.4, -0.2) is 20.7 Å². The minimum Gasteiger partial charge on any atom is -0.322 e. The third-order valence-corrected chi connectivity index (χ3v) is 2.40. The molecule has 0 radical (unpaired) electrons. The zero-order chi connectivity index (χ0) is 13.1. The summed E-state index contributed by atoms with van der Waals surface area (Å²) in [5.74, 6) is -1.11. The zero-order valence-corrected chi connectivity index (χ0v) is 9.67. The highest BCUT2D eigenvalue weighted by molar-refractivity contribution is 5.95. The monoisotopic (exact) mass is 249 g/mol. The van der Waals surface area contributed by atoms with Crippen molar-refractivity contribution in [3.05, 3.63) is 42.2 Å². The third-order valence-electron chi connectivity index (χ3n) is 2.40. The summed E-state index contributed by atoms with van der Waals surface area (Å²) < 4.78 is 14.8. The van der Waals surface area contributed by atoms with Gasteiger partial charge in [0.25, 0.3) is 0 Å². The minimum absolute atomic E-state index is 0.0503. The molecular weight excluding hydrogens is 237 g/mol. The van der Waals surface area contributed by atoms with Crippen molar-refractivity contribution in [2.75, 3.05) is 5.32 Å². The van der Waals surface area contributed by atoms with E-state index in [1.807, 2.05) is 0 Å². The van der Waals surface area contributed by atoms with Crippen LogP contribution in [0.3, 0.4) is 0 Å². The molecule has 0 saturated carbocycles. The van der Waals surface area contributed by atoms with E-state index < -0.39 is 17.8 Å². The molecule has 0 saturated heterocycles. The lowest BCUT2D eigenvalue weighted by Gasteiger charge is -2.10. The number of pyridine rings is 1. The van der Waals surface area contributed by atoms with E-state index in [2.05, 4.69) is 15.4 Å². The van der Waals surface area contributed by atoms with Gasteiger partial charge < -0.3 is 11.1 Å². The van der Waals surface area contributed by atoms with Crippen LogP contribution in [0, 0.1) is 5.82 Å². The molecule has 2 aromatic rings. The summed E-state index contributed by atoms with van der Waals surface area (Å²) in [4.78, 5) is 15.4. The molecule has 94 valence electrons. The van der Waals surface area contributed by atoms with E-state index in [1.165, 1.54) is 23.1 Å². The van der Waals surface area contributed by atoms with E-state index in [-0.39, 0.29) is 5.69 Å². The number of halogens is 1. The van der Waals surface area contributed by atoms with Crippen molar-refractivity contribution in [1.82, 2.24) is 14.8 Å². The Morgan fingerprint density at radius 3 is 2.94 bits per heavy atom. The number of rotatable bonds is 3. The average Bonchev–Trinajstić information content (AvgIpc) is 2.78. The molecule has 1 amide bonds. The van der Waals surface area contributed by atoms with E-state index in [4.69, 9.17) is 5.73 Å². The van der Waals surface area contributed by atoms with E-state index >= 15 is 0 Å². The molecule has 0 aliphatic carbocycles. The summed E-state index contributed by atoms with van der Waals surface area (Å²) in [5, 5.41) is 6.32. The molecule has 1 atom stereocenters. The molecule has 0 spiro atoms. The van der Waals surface area contributed by atoms with Crippen molar-refractivity contribution in [3.8, 4) is 0 Å². The smallest absolute Gasteiger partial charge is 0.246 e. The number of nitrogens with one attached hydrogen (secondary N) is 1. The highest BCUT2D eigenvalue weighted by atomic mass is 19.1. The molecule has 7 heteroatoms. The Bertz CT molecular complexity index is 568. The molecule has 0 aliphatic heterocycles. The second kappa shape index (κ2) is 4.92. The molecule has 2 aromatic heterocycles. The summed E-state index contributed by atoms with van der Waals surface area (Å²) in [5.41, 5.74) is 6.36. The van der Waals surface area contributed by atoms with Gasteiger partial charge in [-0.2, -0.15) is 5.10 Å². The number of carbonyl (C=O) groups is 1. The van der Waals surface area contributed by atoms with Crippen LogP contribution in [0.1, 0.15) is 11.6 Å². The van der Waals surface area contributed by atoms with Crippen molar-refractivity contribution in [1.29, 1.82) is 0 Å². The first kappa shape index (κ1) is 12.2. The number of aromatic nitrogens is 3. The van der Waals surface area contributed by atoms with Crippen LogP contribution in [0.25, 0.3) is 0 Å². The minimum atomic E-state index is -0.897. The summed E-state index contributed by atoms with van der Waals surface area (Å²) in [6.45, 7) is 0. The Kier molecular flexibility index (Phi) is 3.33. The van der Waals surface area contributed by atoms with Gasteiger partial charge in [-0.3, -0.25) is 14.5 Å². The van der Waals surface area contributed by atoms with E-state index in [1.54, 1.807) is 13.2 Å². The first-order valence-corrected chi connectivity index (χ1v) is 5.22. The molecule has 6 nitrogen and oxygen atoms in total. The predicted molar refractivity (Wildman–Crippen MR) is 63.0 cm³/mol. The normalized spacial score (nSPS) is 12.2. The maximum atomic E-state index is 13.3. The third kappa shape index (κ3) is 2.51. The van der Waals surface area contributed by atoms with Gasteiger partial charge in [0.15, 0.2) is 5.82 Å². The number of hydrogen-bond donors (Lipinski definition) is 2. The fourth-order valence-electron chi connectivity index (χ4n) is 1.44. The zero-order valence-electron chi connectivity index (χ0n) is 9.67. The van der Waals surface area contributed by atoms with Crippen LogP contribution in [0.2, 0.25) is 0 Å². The van der Waals surface area contributed by atoms with Gasteiger partial charge in [0, 0.05) is 25.0 Å². The van der Waals surface area contributed by atoms with Crippen LogP contribution < -0.4 is 11.1 Å². The molecule has 0 bridgehead atoms. The van der Waals surface area contributed by atoms with Crippen molar-refractivity contribution < 1.29 is 9.18 Å². The molecule has 3 N–H and O–H groups in total. The molecular formula is C11H12FN5O. The number of anilines is 1. The predicted octanol–water partition coefficient (Wildman–Crippen LogP) is 0.593. The molecule has 0 aromatic carbocycles. The first-order valence-electron chi connectivity index (χ1n) is 5.22. The topological polar surface area (TPSA) is 85.8 Å². The number of carbonyl (C=O) groups excluding carboxylic acids is 1. The number of nitrogens with two attached hydrogens (primary N) is 1. The number of amides is 1. The quantitative estimate of drug-likeness (QED) is 0.833. The lowest BCUT2D eigenvalue weighted by Crippen LogP contribution is -2.27. The van der Waals surface area contributed by atoms with E-state index in [0.717, 1.165) is 6.20 Å². The van der Waals surface area contributed by atoms with Gasteiger partial charge in [-0.05, 0) is 6.07 Å². The molecule has 0 fully saturated rings. The van der Waals surface area contributed by atoms with Crippen LogP contribution in [-0.2, 0) is 11.8 Å². The molecule has 2 heterocycles. The van der Waals surface area contributed by atoms with Gasteiger partial charge in [0.1, 0.15) is 6.04 Å². The molecule has 18 heavy (non-hydrogen) atoms. The second-order valence-corrected chi connectivity index (χ2v) is 3.77. The Labute approximate surface area is 103 Å². The fraction of sp³-hybridized carbons (Fsp3) is 0.182. The van der Waals surface area contributed by atoms with Gasteiger partial charge in [-0.25, -0.2) is 4.39 Å². The van der Waals surface area contributed by atoms with Crippen molar-refractivity contribution in [3.63, 3.8) is 0 Å². The highest BCUT2D eigenvalue weighted by Crippen LogP contribution is 2.15. The summed E-state index contributed by atoms with van der Waals surface area (Å²) in [6.07, 6.45) is 5.53. The van der Waals surface area contributed by atoms with Crippen molar-refractivity contribution in [2.24, 2.45) is 12.8 Å². The molecule has 1 unspecified atom stereocenters. The SMILES string of the molecule is Cn1cc(C(N)C(=O)Nc2ccncc2F)cn1. The number of nitrogens with zero attached hydrogens (tertiary/aromatic N) is 3. The Balaban J connectivity index is 2.11. The largest absolute Gasteiger partial charge is 0.322 e. The van der Waals surface area contributed by atoms with Gasteiger partial charge in [-0.1, -0.05) is 0 Å². The second-order valence-electron chi connectivity index (χ2n) is 3.77. The average molecular weight is 249 g/mol. The van der Waals surface area contributed by atoms with Gasteiger partial charge in [0.2, 0.25) is 5.91 Å². The van der Waals surface area contributed by atoms with Gasteiger partial charge >= 0.3 is 0 Å². The van der Waals surface area contributed by atoms with Crippen LogP contribution in [0.15, 0.2) is 30.9 Å². The number of hydrogen-bond acceptors (Lipinski definition) is 4. The van der Waals surface area contributed by atoms with Crippen LogP contribution in [0.5, 0.6) is 0 Å². The summed E-state index contributed by atoms with van der Waals surface area (Å²) >= 11 is 0. The summed E-state index contributed by atoms with van der Waals surface area (Å²) in [7, 11) is 1.72. The number of aryl methyl sites for hydroxylation is 1. The lowest BCUT2D eigenvalue weighted by atomic mass is 10.1. The fourth-order valence-corrected chi connectivity index (χ4v) is 1.44. The lowest BCUT2D eigenvalue weighted by molar-refractivity contribution is -0.117. The Hall–Kier alpha value is -2.28. The Morgan fingerprint density at radius 2 is 2.33 bits per heavy atom. The molecule has 2 rings (SSSR count). The standard InChI is InChI=1S/C11H12FN5O/c1-17-6-7(4-15-17)10(13)11(18)16-9-2-3-14-5-8(9)12/h2-6,10H,13H2,1H3,(H,14,16,18). The summed E-state index contributed by atoms with van der Waals surface area (Å²) in [6, 6.07) is 0.467. The van der Waals surface area contributed by atoms with E-state index in [0.29, 0.717) is 5.56 Å². The highest BCUT2D eigenvalue weighted by Gasteiger charge is 2.18. The van der Waals surface area contributed by atoms with Gasteiger partial charge in [0.05, 0.1) is 18.1 Å². The van der Waals surface area contributed by atoms with Gasteiger partial charge in [-0.15, -0.1) is 0 Å².